The molecule has 0 atom stereocenters. The summed E-state index contributed by atoms with van der Waals surface area (Å²) in [7, 11) is 0. The lowest BCUT2D eigenvalue weighted by Crippen LogP contribution is -2.30. The lowest BCUT2D eigenvalue weighted by molar-refractivity contribution is -0.138. The van der Waals surface area contributed by atoms with Crippen LogP contribution in [-0.2, 0) is 15.9 Å². The van der Waals surface area contributed by atoms with E-state index in [-0.39, 0.29) is 6.29 Å². The van der Waals surface area contributed by atoms with Gasteiger partial charge in [0.25, 0.3) is 0 Å². The number of rotatable bonds is 7. The van der Waals surface area contributed by atoms with E-state index in [0.29, 0.717) is 13.2 Å². The van der Waals surface area contributed by atoms with Crippen molar-refractivity contribution >= 4 is 5.69 Å². The van der Waals surface area contributed by atoms with E-state index in [1.807, 2.05) is 13.8 Å². The Morgan fingerprint density at radius 2 is 1.85 bits per heavy atom. The molecule has 1 aliphatic heterocycles. The Morgan fingerprint density at radius 1 is 1.10 bits per heavy atom. The first kappa shape index (κ1) is 15.3. The van der Waals surface area contributed by atoms with Crippen LogP contribution in [0.4, 0.5) is 5.69 Å². The van der Waals surface area contributed by atoms with Crippen LogP contribution >= 0.6 is 0 Å². The minimum Gasteiger partial charge on any atom is -0.371 e. The molecule has 1 aromatic rings. The van der Waals surface area contributed by atoms with Gasteiger partial charge in [0, 0.05) is 38.4 Å². The SMILES string of the molecule is CCOC(CCN1CCCCc2ccccc21)OCC. The summed E-state index contributed by atoms with van der Waals surface area (Å²) >= 11 is 0. The number of aryl methyl sites for hydroxylation is 1. The molecule has 0 amide bonds. The third-order valence-electron chi connectivity index (χ3n) is 3.80. The Bertz CT molecular complexity index is 388. The zero-order valence-corrected chi connectivity index (χ0v) is 12.8. The maximum Gasteiger partial charge on any atom is 0.159 e. The van der Waals surface area contributed by atoms with Crippen molar-refractivity contribution in [2.24, 2.45) is 0 Å². The summed E-state index contributed by atoms with van der Waals surface area (Å²) < 4.78 is 11.3. The van der Waals surface area contributed by atoms with Crippen molar-refractivity contribution in [1.82, 2.24) is 0 Å². The summed E-state index contributed by atoms with van der Waals surface area (Å²) in [6.07, 6.45) is 4.61. The summed E-state index contributed by atoms with van der Waals surface area (Å²) in [6.45, 7) is 7.60. The summed E-state index contributed by atoms with van der Waals surface area (Å²) in [6, 6.07) is 8.79. The number of hydrogen-bond donors (Lipinski definition) is 0. The molecule has 112 valence electrons. The molecule has 0 unspecified atom stereocenters. The normalized spacial score (nSPS) is 15.2. The highest BCUT2D eigenvalue weighted by Gasteiger charge is 2.16. The van der Waals surface area contributed by atoms with E-state index in [0.717, 1.165) is 19.5 Å². The molecule has 20 heavy (non-hydrogen) atoms. The van der Waals surface area contributed by atoms with Gasteiger partial charge in [-0.1, -0.05) is 18.2 Å². The van der Waals surface area contributed by atoms with E-state index in [1.165, 1.54) is 30.5 Å². The van der Waals surface area contributed by atoms with E-state index in [9.17, 15) is 0 Å². The van der Waals surface area contributed by atoms with Gasteiger partial charge in [0.15, 0.2) is 6.29 Å². The van der Waals surface area contributed by atoms with Gasteiger partial charge < -0.3 is 14.4 Å². The van der Waals surface area contributed by atoms with Crippen molar-refractivity contribution in [2.45, 2.75) is 45.8 Å². The van der Waals surface area contributed by atoms with E-state index >= 15 is 0 Å². The van der Waals surface area contributed by atoms with Crippen molar-refractivity contribution in [3.8, 4) is 0 Å². The highest BCUT2D eigenvalue weighted by molar-refractivity contribution is 5.54. The van der Waals surface area contributed by atoms with Crippen molar-refractivity contribution in [1.29, 1.82) is 0 Å². The molecule has 3 heteroatoms. The molecule has 0 fully saturated rings. The zero-order chi connectivity index (χ0) is 14.2. The van der Waals surface area contributed by atoms with Gasteiger partial charge >= 0.3 is 0 Å². The highest BCUT2D eigenvalue weighted by atomic mass is 16.7. The zero-order valence-electron chi connectivity index (χ0n) is 12.8. The molecular formula is C17H27NO2. The van der Waals surface area contributed by atoms with Gasteiger partial charge in [0.2, 0.25) is 0 Å². The first-order valence-corrected chi connectivity index (χ1v) is 7.91. The first-order valence-electron chi connectivity index (χ1n) is 7.91. The topological polar surface area (TPSA) is 21.7 Å². The van der Waals surface area contributed by atoms with Crippen molar-refractivity contribution in [2.75, 3.05) is 31.2 Å². The largest absolute Gasteiger partial charge is 0.371 e. The average molecular weight is 277 g/mol. The van der Waals surface area contributed by atoms with E-state index in [1.54, 1.807) is 0 Å². The summed E-state index contributed by atoms with van der Waals surface area (Å²) in [5.41, 5.74) is 2.88. The second-order valence-corrected chi connectivity index (χ2v) is 5.20. The molecule has 0 radical (unpaired) electrons. The fourth-order valence-electron chi connectivity index (χ4n) is 2.85. The monoisotopic (exact) mass is 277 g/mol. The molecule has 0 aromatic heterocycles. The van der Waals surface area contributed by atoms with Crippen LogP contribution in [0.3, 0.4) is 0 Å². The third-order valence-corrected chi connectivity index (χ3v) is 3.80. The molecule has 1 aromatic carbocycles. The predicted molar refractivity (Wildman–Crippen MR) is 83.3 cm³/mol. The molecule has 3 nitrogen and oxygen atoms in total. The highest BCUT2D eigenvalue weighted by Crippen LogP contribution is 2.26. The number of ether oxygens (including phenoxy) is 2. The quantitative estimate of drug-likeness (QED) is 0.711. The van der Waals surface area contributed by atoms with Gasteiger partial charge in [-0.3, -0.25) is 0 Å². The van der Waals surface area contributed by atoms with Gasteiger partial charge in [-0.15, -0.1) is 0 Å². The molecule has 0 saturated heterocycles. The van der Waals surface area contributed by atoms with Gasteiger partial charge in [-0.05, 0) is 44.7 Å². The molecule has 0 N–H and O–H groups in total. The van der Waals surface area contributed by atoms with Gasteiger partial charge in [0.05, 0.1) is 0 Å². The second-order valence-electron chi connectivity index (χ2n) is 5.20. The van der Waals surface area contributed by atoms with E-state index in [4.69, 9.17) is 9.47 Å². The number of benzene rings is 1. The van der Waals surface area contributed by atoms with E-state index in [2.05, 4.69) is 29.2 Å². The summed E-state index contributed by atoms with van der Waals surface area (Å²) in [5.74, 6) is 0. The molecule has 0 bridgehead atoms. The minimum absolute atomic E-state index is 0.0691. The molecule has 2 rings (SSSR count). The maximum atomic E-state index is 5.64. The van der Waals surface area contributed by atoms with Crippen molar-refractivity contribution in [3.05, 3.63) is 29.8 Å². The lowest BCUT2D eigenvalue weighted by atomic mass is 10.1. The number of para-hydroxylation sites is 1. The maximum absolute atomic E-state index is 5.64. The van der Waals surface area contributed by atoms with Gasteiger partial charge in [-0.25, -0.2) is 0 Å². The second kappa shape index (κ2) is 8.28. The third kappa shape index (κ3) is 4.22. The predicted octanol–water partition coefficient (Wildman–Crippen LogP) is 3.62. The number of nitrogens with zero attached hydrogens (tertiary/aromatic N) is 1. The van der Waals surface area contributed by atoms with Gasteiger partial charge in [-0.2, -0.15) is 0 Å². The summed E-state index contributed by atoms with van der Waals surface area (Å²) in [4.78, 5) is 2.49. The van der Waals surface area contributed by atoms with Crippen molar-refractivity contribution < 1.29 is 9.47 Å². The Hall–Kier alpha value is -1.06. The Labute approximate surface area is 122 Å². The summed E-state index contributed by atoms with van der Waals surface area (Å²) in [5, 5.41) is 0. The van der Waals surface area contributed by atoms with Crippen LogP contribution in [0.15, 0.2) is 24.3 Å². The Kier molecular flexibility index (Phi) is 6.34. The first-order chi connectivity index (χ1) is 9.85. The number of hydrogen-bond acceptors (Lipinski definition) is 3. The van der Waals surface area contributed by atoms with Crippen molar-refractivity contribution in [3.63, 3.8) is 0 Å². The molecular weight excluding hydrogens is 250 g/mol. The van der Waals surface area contributed by atoms with Crippen LogP contribution in [0.5, 0.6) is 0 Å². The number of anilines is 1. The Balaban J connectivity index is 1.97. The van der Waals surface area contributed by atoms with Crippen LogP contribution in [0.1, 0.15) is 38.7 Å². The van der Waals surface area contributed by atoms with Crippen LogP contribution < -0.4 is 4.90 Å². The van der Waals surface area contributed by atoms with Crippen LogP contribution in [0, 0.1) is 0 Å². The van der Waals surface area contributed by atoms with Gasteiger partial charge in [0.1, 0.15) is 0 Å². The minimum atomic E-state index is -0.0691. The van der Waals surface area contributed by atoms with Crippen LogP contribution in [0.25, 0.3) is 0 Å². The van der Waals surface area contributed by atoms with Crippen LogP contribution in [0.2, 0.25) is 0 Å². The number of fused-ring (bicyclic) bond motifs is 1. The molecule has 1 aliphatic rings. The molecule has 1 heterocycles. The van der Waals surface area contributed by atoms with E-state index < -0.39 is 0 Å². The molecule has 0 saturated carbocycles. The Morgan fingerprint density at radius 3 is 2.60 bits per heavy atom. The molecule has 0 aliphatic carbocycles. The smallest absolute Gasteiger partial charge is 0.159 e. The fourth-order valence-corrected chi connectivity index (χ4v) is 2.85. The lowest BCUT2D eigenvalue weighted by Gasteiger charge is -2.27. The fraction of sp³-hybridized carbons (Fsp3) is 0.647. The molecule has 0 spiro atoms. The van der Waals surface area contributed by atoms with Crippen LogP contribution in [-0.4, -0.2) is 32.6 Å². The average Bonchev–Trinajstić information content (AvgIpc) is 2.67. The standard InChI is InChI=1S/C17H27NO2/c1-3-19-17(20-4-2)12-14-18-13-8-7-10-15-9-5-6-11-16(15)18/h5-6,9,11,17H,3-4,7-8,10,12-14H2,1-2H3.